The maximum absolute atomic E-state index is 13.2. The number of piperidine rings is 1. The van der Waals surface area contributed by atoms with Crippen LogP contribution in [0.3, 0.4) is 0 Å². The predicted molar refractivity (Wildman–Crippen MR) is 117 cm³/mol. The van der Waals surface area contributed by atoms with Gasteiger partial charge in [-0.3, -0.25) is 4.79 Å². The molecule has 0 aromatic heterocycles. The second kappa shape index (κ2) is 8.71. The van der Waals surface area contributed by atoms with Crippen molar-refractivity contribution in [3.05, 3.63) is 65.0 Å². The Morgan fingerprint density at radius 3 is 2.23 bits per heavy atom. The topological polar surface area (TPSA) is 57.7 Å². The van der Waals surface area contributed by atoms with Crippen molar-refractivity contribution in [3.63, 3.8) is 0 Å². The van der Waals surface area contributed by atoms with Gasteiger partial charge >= 0.3 is 0 Å². The fourth-order valence-electron chi connectivity index (χ4n) is 4.16. The Labute approximate surface area is 183 Å². The van der Waals surface area contributed by atoms with Gasteiger partial charge in [0.2, 0.25) is 15.9 Å². The summed E-state index contributed by atoms with van der Waals surface area (Å²) in [7, 11) is -3.55. The summed E-state index contributed by atoms with van der Waals surface area (Å²) in [5.74, 6) is -0.368. The van der Waals surface area contributed by atoms with Crippen molar-refractivity contribution in [3.8, 4) is 0 Å². The molecule has 7 heteroatoms. The first-order chi connectivity index (χ1) is 14.8. The largest absolute Gasteiger partial charge is 0.335 e. The summed E-state index contributed by atoms with van der Waals surface area (Å²) < 4.78 is 40.8. The smallest absolute Gasteiger partial charge is 0.243 e. The molecule has 1 aliphatic carbocycles. The summed E-state index contributed by atoms with van der Waals surface area (Å²) in [6.45, 7) is 5.04. The minimum absolute atomic E-state index is 0.0926. The fraction of sp³-hybridized carbons (Fsp3) is 0.458. The van der Waals surface area contributed by atoms with Gasteiger partial charge in [-0.1, -0.05) is 18.2 Å². The number of halogens is 1. The molecule has 5 nitrogen and oxygen atoms in total. The summed E-state index contributed by atoms with van der Waals surface area (Å²) in [5, 5.41) is 0. The third kappa shape index (κ3) is 4.83. The van der Waals surface area contributed by atoms with Crippen LogP contribution in [0.15, 0.2) is 47.4 Å². The van der Waals surface area contributed by atoms with E-state index in [1.807, 2.05) is 24.8 Å². The summed E-state index contributed by atoms with van der Waals surface area (Å²) in [4.78, 5) is 15.5. The maximum Gasteiger partial charge on any atom is 0.243 e. The van der Waals surface area contributed by atoms with Crippen molar-refractivity contribution >= 4 is 15.9 Å². The van der Waals surface area contributed by atoms with E-state index in [-0.39, 0.29) is 23.7 Å². The SMILES string of the molecule is Cc1ccc(S(=O)(=O)N2CCC(C(=O)N(Cc3ccc(F)cc3)C3CC3)CC2)cc1C. The molecule has 2 aromatic rings. The summed E-state index contributed by atoms with van der Waals surface area (Å²) in [6, 6.07) is 11.7. The normalized spacial score (nSPS) is 18.2. The van der Waals surface area contributed by atoms with Gasteiger partial charge in [0.25, 0.3) is 0 Å². The van der Waals surface area contributed by atoms with Crippen molar-refractivity contribution < 1.29 is 17.6 Å². The molecule has 0 unspecified atom stereocenters. The van der Waals surface area contributed by atoms with E-state index in [1.54, 1.807) is 24.3 Å². The number of sulfonamides is 1. The first-order valence-corrected chi connectivity index (χ1v) is 12.3. The molecule has 166 valence electrons. The number of amides is 1. The van der Waals surface area contributed by atoms with Gasteiger partial charge in [0.15, 0.2) is 0 Å². The van der Waals surface area contributed by atoms with Crippen LogP contribution in [0.5, 0.6) is 0 Å². The molecule has 0 bridgehead atoms. The van der Waals surface area contributed by atoms with E-state index in [0.717, 1.165) is 29.5 Å². The van der Waals surface area contributed by atoms with Crippen LogP contribution in [-0.2, 0) is 21.4 Å². The number of nitrogens with zero attached hydrogens (tertiary/aromatic N) is 2. The van der Waals surface area contributed by atoms with Crippen LogP contribution in [0.1, 0.15) is 42.4 Å². The number of carbonyl (C=O) groups excluding carboxylic acids is 1. The van der Waals surface area contributed by atoms with E-state index in [9.17, 15) is 17.6 Å². The number of rotatable bonds is 6. The van der Waals surface area contributed by atoms with Crippen molar-refractivity contribution in [2.75, 3.05) is 13.1 Å². The lowest BCUT2D eigenvalue weighted by Crippen LogP contribution is -2.44. The van der Waals surface area contributed by atoms with E-state index >= 15 is 0 Å². The Balaban J connectivity index is 1.41. The lowest BCUT2D eigenvalue weighted by atomic mass is 9.96. The molecule has 0 spiro atoms. The molecule has 1 amide bonds. The highest BCUT2D eigenvalue weighted by molar-refractivity contribution is 7.89. The monoisotopic (exact) mass is 444 g/mol. The average molecular weight is 445 g/mol. The third-order valence-corrected chi connectivity index (χ3v) is 8.35. The lowest BCUT2D eigenvalue weighted by molar-refractivity contribution is -0.138. The van der Waals surface area contributed by atoms with Crippen LogP contribution in [0.25, 0.3) is 0 Å². The molecule has 1 heterocycles. The van der Waals surface area contributed by atoms with Crippen molar-refractivity contribution in [2.24, 2.45) is 5.92 Å². The van der Waals surface area contributed by atoms with Crippen LogP contribution in [-0.4, -0.2) is 42.7 Å². The molecule has 4 rings (SSSR count). The first-order valence-electron chi connectivity index (χ1n) is 10.9. The number of hydrogen-bond donors (Lipinski definition) is 0. The van der Waals surface area contributed by atoms with Gasteiger partial charge in [0, 0.05) is 31.6 Å². The molecule has 1 saturated carbocycles. The van der Waals surface area contributed by atoms with Crippen molar-refractivity contribution in [2.45, 2.75) is 57.0 Å². The lowest BCUT2D eigenvalue weighted by Gasteiger charge is -2.34. The second-order valence-corrected chi connectivity index (χ2v) is 10.7. The Morgan fingerprint density at radius 2 is 1.65 bits per heavy atom. The van der Waals surface area contributed by atoms with Crippen LogP contribution < -0.4 is 0 Å². The van der Waals surface area contributed by atoms with Gasteiger partial charge in [0.05, 0.1) is 4.90 Å². The van der Waals surface area contributed by atoms with Crippen LogP contribution in [0.2, 0.25) is 0 Å². The summed E-state index contributed by atoms with van der Waals surface area (Å²) in [6.07, 6.45) is 3.03. The quantitative estimate of drug-likeness (QED) is 0.676. The fourth-order valence-corrected chi connectivity index (χ4v) is 5.72. The van der Waals surface area contributed by atoms with Crippen molar-refractivity contribution in [1.82, 2.24) is 9.21 Å². The minimum Gasteiger partial charge on any atom is -0.335 e. The highest BCUT2D eigenvalue weighted by Gasteiger charge is 2.38. The average Bonchev–Trinajstić information content (AvgIpc) is 3.60. The third-order valence-electron chi connectivity index (χ3n) is 6.46. The predicted octanol–water partition coefficient (Wildman–Crippen LogP) is 4.03. The number of benzene rings is 2. The molecular formula is C24H29FN2O3S. The van der Waals surface area contributed by atoms with Crippen LogP contribution in [0, 0.1) is 25.6 Å². The summed E-state index contributed by atoms with van der Waals surface area (Å²) in [5.41, 5.74) is 2.92. The number of carbonyl (C=O) groups is 1. The Kier molecular flexibility index (Phi) is 6.17. The first kappa shape index (κ1) is 22.0. The van der Waals surface area contributed by atoms with E-state index in [4.69, 9.17) is 0 Å². The van der Waals surface area contributed by atoms with Gasteiger partial charge in [-0.2, -0.15) is 4.31 Å². The summed E-state index contributed by atoms with van der Waals surface area (Å²) >= 11 is 0. The molecule has 2 aliphatic rings. The van der Waals surface area contributed by atoms with Gasteiger partial charge in [-0.25, -0.2) is 12.8 Å². The second-order valence-electron chi connectivity index (χ2n) is 8.75. The molecule has 1 aliphatic heterocycles. The van der Waals surface area contributed by atoms with Crippen LogP contribution in [0.4, 0.5) is 4.39 Å². The molecule has 2 aromatic carbocycles. The Bertz CT molecular complexity index is 1060. The van der Waals surface area contributed by atoms with Gasteiger partial charge < -0.3 is 4.90 Å². The zero-order chi connectivity index (χ0) is 22.2. The van der Waals surface area contributed by atoms with Crippen LogP contribution >= 0.6 is 0 Å². The molecule has 31 heavy (non-hydrogen) atoms. The van der Waals surface area contributed by atoms with E-state index in [0.29, 0.717) is 37.4 Å². The molecule has 0 N–H and O–H groups in total. The molecule has 0 radical (unpaired) electrons. The van der Waals surface area contributed by atoms with E-state index in [2.05, 4.69) is 0 Å². The highest BCUT2D eigenvalue weighted by atomic mass is 32.2. The van der Waals surface area contributed by atoms with Gasteiger partial charge in [-0.05, 0) is 80.5 Å². The number of hydrogen-bond acceptors (Lipinski definition) is 3. The maximum atomic E-state index is 13.2. The molecule has 0 atom stereocenters. The zero-order valence-electron chi connectivity index (χ0n) is 18.1. The molecule has 2 fully saturated rings. The number of aryl methyl sites for hydroxylation is 2. The highest BCUT2D eigenvalue weighted by Crippen LogP contribution is 2.33. The minimum atomic E-state index is -3.55. The molecular weight excluding hydrogens is 415 g/mol. The van der Waals surface area contributed by atoms with E-state index in [1.165, 1.54) is 16.4 Å². The van der Waals surface area contributed by atoms with E-state index < -0.39 is 10.0 Å². The zero-order valence-corrected chi connectivity index (χ0v) is 18.9. The van der Waals surface area contributed by atoms with Crippen molar-refractivity contribution in [1.29, 1.82) is 0 Å². The Morgan fingerprint density at radius 1 is 1.00 bits per heavy atom. The van der Waals surface area contributed by atoms with Gasteiger partial charge in [-0.15, -0.1) is 0 Å². The Hall–Kier alpha value is -2.25. The van der Waals surface area contributed by atoms with Gasteiger partial charge in [0.1, 0.15) is 5.82 Å². The molecule has 1 saturated heterocycles. The standard InChI is InChI=1S/C24H29FN2O3S/c1-17-3-10-23(15-18(17)2)31(29,30)26-13-11-20(12-14-26)24(28)27(22-8-9-22)16-19-4-6-21(25)7-5-19/h3-7,10,15,20,22H,8-9,11-14,16H2,1-2H3.